The number of benzene rings is 1. The van der Waals surface area contributed by atoms with Gasteiger partial charge in [0.1, 0.15) is 0 Å². The predicted molar refractivity (Wildman–Crippen MR) is 89.6 cm³/mol. The van der Waals surface area contributed by atoms with Crippen molar-refractivity contribution in [2.75, 3.05) is 0 Å². The third kappa shape index (κ3) is 2.57. The highest BCUT2D eigenvalue weighted by molar-refractivity contribution is 9.13. The molecule has 0 saturated carbocycles. The van der Waals surface area contributed by atoms with Crippen LogP contribution < -0.4 is 0 Å². The van der Waals surface area contributed by atoms with E-state index in [4.69, 9.17) is 0 Å². The highest BCUT2D eigenvalue weighted by atomic mass is 79.9. The molecule has 0 aliphatic rings. The van der Waals surface area contributed by atoms with E-state index in [2.05, 4.69) is 36.8 Å². The van der Waals surface area contributed by atoms with E-state index in [1.165, 1.54) is 11.3 Å². The van der Waals surface area contributed by atoms with Crippen LogP contribution in [0.1, 0.15) is 20.9 Å². The topological polar surface area (TPSA) is 30.0 Å². The zero-order chi connectivity index (χ0) is 14.3. The summed E-state index contributed by atoms with van der Waals surface area (Å²) in [6, 6.07) is 11.4. The zero-order valence-electron chi connectivity index (χ0n) is 10.5. The Kier molecular flexibility index (Phi) is 3.75. The fraction of sp³-hybridized carbons (Fsp3) is 0.0667. The first kappa shape index (κ1) is 13.9. The van der Waals surface area contributed by atoms with Crippen LogP contribution >= 0.6 is 43.2 Å². The molecular formula is C15H9Br2NOS. The van der Waals surface area contributed by atoms with Crippen LogP contribution in [0.5, 0.6) is 0 Å². The standard InChI is InChI=1S/C15H9Br2NOS/c1-8-2-3-9-6-10(4-5-12(9)18-8)14(19)13-7-11(16)15(17)20-13/h2-7H,1H3. The number of ketones is 1. The molecule has 0 spiro atoms. The van der Waals surface area contributed by atoms with E-state index < -0.39 is 0 Å². The van der Waals surface area contributed by atoms with Crippen molar-refractivity contribution in [3.63, 3.8) is 0 Å². The Morgan fingerprint density at radius 1 is 1.15 bits per heavy atom. The number of carbonyl (C=O) groups excluding carboxylic acids is 1. The van der Waals surface area contributed by atoms with Gasteiger partial charge in [-0.15, -0.1) is 11.3 Å². The Labute approximate surface area is 137 Å². The second kappa shape index (κ2) is 5.39. The summed E-state index contributed by atoms with van der Waals surface area (Å²) in [6.07, 6.45) is 0. The summed E-state index contributed by atoms with van der Waals surface area (Å²) in [5.41, 5.74) is 2.57. The molecule has 1 aromatic carbocycles. The van der Waals surface area contributed by atoms with Gasteiger partial charge in [0.05, 0.1) is 14.2 Å². The molecule has 100 valence electrons. The highest BCUT2D eigenvalue weighted by Gasteiger charge is 2.14. The molecule has 0 amide bonds. The number of hydrogen-bond acceptors (Lipinski definition) is 3. The van der Waals surface area contributed by atoms with E-state index in [1.807, 2.05) is 43.3 Å². The predicted octanol–water partition coefficient (Wildman–Crippen LogP) is 5.36. The van der Waals surface area contributed by atoms with Crippen LogP contribution in [0.4, 0.5) is 0 Å². The molecule has 0 atom stereocenters. The molecule has 0 aliphatic heterocycles. The van der Waals surface area contributed by atoms with Gasteiger partial charge in [0, 0.05) is 21.1 Å². The smallest absolute Gasteiger partial charge is 0.203 e. The SMILES string of the molecule is Cc1ccc2cc(C(=O)c3cc(Br)c(Br)s3)ccc2n1. The average Bonchev–Trinajstić information content (AvgIpc) is 2.77. The van der Waals surface area contributed by atoms with Crippen molar-refractivity contribution in [1.29, 1.82) is 0 Å². The number of fused-ring (bicyclic) bond motifs is 1. The maximum Gasteiger partial charge on any atom is 0.203 e. The van der Waals surface area contributed by atoms with Gasteiger partial charge in [-0.05, 0) is 69.1 Å². The summed E-state index contributed by atoms with van der Waals surface area (Å²) in [5, 5.41) is 0.983. The maximum absolute atomic E-state index is 12.5. The first-order valence-electron chi connectivity index (χ1n) is 5.91. The molecule has 0 bridgehead atoms. The molecule has 0 aliphatic carbocycles. The lowest BCUT2D eigenvalue weighted by molar-refractivity contribution is 0.104. The van der Waals surface area contributed by atoms with E-state index in [0.717, 1.165) is 24.9 Å². The number of carbonyl (C=O) groups is 1. The van der Waals surface area contributed by atoms with Gasteiger partial charge in [0.2, 0.25) is 5.78 Å². The Hall–Kier alpha value is -1.04. The van der Waals surface area contributed by atoms with E-state index in [0.29, 0.717) is 10.4 Å². The van der Waals surface area contributed by atoms with Crippen LogP contribution in [-0.4, -0.2) is 10.8 Å². The molecule has 2 nitrogen and oxygen atoms in total. The van der Waals surface area contributed by atoms with Crippen molar-refractivity contribution in [3.8, 4) is 0 Å². The fourth-order valence-electron chi connectivity index (χ4n) is 1.97. The number of halogens is 2. The second-order valence-electron chi connectivity index (χ2n) is 4.42. The molecule has 3 aromatic rings. The number of nitrogens with zero attached hydrogens (tertiary/aromatic N) is 1. The van der Waals surface area contributed by atoms with Crippen LogP contribution in [0.15, 0.2) is 44.7 Å². The molecule has 0 N–H and O–H groups in total. The number of pyridine rings is 1. The van der Waals surface area contributed by atoms with Crippen LogP contribution in [0.2, 0.25) is 0 Å². The van der Waals surface area contributed by atoms with Gasteiger partial charge in [0.15, 0.2) is 0 Å². The van der Waals surface area contributed by atoms with Crippen LogP contribution in [0.3, 0.4) is 0 Å². The minimum atomic E-state index is 0.0314. The van der Waals surface area contributed by atoms with E-state index >= 15 is 0 Å². The first-order valence-corrected chi connectivity index (χ1v) is 8.32. The van der Waals surface area contributed by atoms with Crippen molar-refractivity contribution in [3.05, 3.63) is 60.8 Å². The van der Waals surface area contributed by atoms with Crippen molar-refractivity contribution in [2.45, 2.75) is 6.92 Å². The molecule has 0 fully saturated rings. The van der Waals surface area contributed by atoms with Gasteiger partial charge in [-0.2, -0.15) is 0 Å². The monoisotopic (exact) mass is 409 g/mol. The average molecular weight is 411 g/mol. The molecule has 3 rings (SSSR count). The Bertz CT molecular complexity index is 806. The van der Waals surface area contributed by atoms with Gasteiger partial charge >= 0.3 is 0 Å². The molecule has 2 heterocycles. The molecule has 0 unspecified atom stereocenters. The zero-order valence-corrected chi connectivity index (χ0v) is 14.5. The maximum atomic E-state index is 12.5. The van der Waals surface area contributed by atoms with Crippen molar-refractivity contribution >= 4 is 59.9 Å². The second-order valence-corrected chi connectivity index (χ2v) is 7.65. The summed E-state index contributed by atoms with van der Waals surface area (Å²) in [7, 11) is 0. The summed E-state index contributed by atoms with van der Waals surface area (Å²) < 4.78 is 1.84. The fourth-order valence-corrected chi connectivity index (χ4v) is 3.97. The molecule has 5 heteroatoms. The van der Waals surface area contributed by atoms with Crippen molar-refractivity contribution < 1.29 is 4.79 Å². The molecule has 2 aromatic heterocycles. The van der Waals surface area contributed by atoms with Gasteiger partial charge in [-0.3, -0.25) is 9.78 Å². The lowest BCUT2D eigenvalue weighted by Gasteiger charge is -2.02. The van der Waals surface area contributed by atoms with Gasteiger partial charge in [0.25, 0.3) is 0 Å². The third-order valence-corrected chi connectivity index (χ3v) is 6.21. The molecule has 20 heavy (non-hydrogen) atoms. The van der Waals surface area contributed by atoms with E-state index in [-0.39, 0.29) is 5.78 Å². The number of aryl methyl sites for hydroxylation is 1. The largest absolute Gasteiger partial charge is 0.288 e. The first-order chi connectivity index (χ1) is 9.54. The number of thiophene rings is 1. The highest BCUT2D eigenvalue weighted by Crippen LogP contribution is 2.33. The third-order valence-electron chi connectivity index (χ3n) is 2.96. The van der Waals surface area contributed by atoms with Crippen LogP contribution in [0.25, 0.3) is 10.9 Å². The van der Waals surface area contributed by atoms with Crippen LogP contribution in [-0.2, 0) is 0 Å². The summed E-state index contributed by atoms with van der Waals surface area (Å²) in [4.78, 5) is 17.6. The molecule has 0 saturated heterocycles. The molecule has 0 radical (unpaired) electrons. The lowest BCUT2D eigenvalue weighted by atomic mass is 10.1. The number of aromatic nitrogens is 1. The minimum absolute atomic E-state index is 0.0314. The van der Waals surface area contributed by atoms with Gasteiger partial charge < -0.3 is 0 Å². The quantitative estimate of drug-likeness (QED) is 0.532. The van der Waals surface area contributed by atoms with Crippen molar-refractivity contribution in [2.24, 2.45) is 0 Å². The Morgan fingerprint density at radius 2 is 1.95 bits per heavy atom. The van der Waals surface area contributed by atoms with E-state index in [1.54, 1.807) is 0 Å². The molecular weight excluding hydrogens is 402 g/mol. The van der Waals surface area contributed by atoms with Crippen molar-refractivity contribution in [1.82, 2.24) is 4.98 Å². The minimum Gasteiger partial charge on any atom is -0.288 e. The van der Waals surface area contributed by atoms with Gasteiger partial charge in [-0.1, -0.05) is 6.07 Å². The Balaban J connectivity index is 2.05. The van der Waals surface area contributed by atoms with Gasteiger partial charge in [-0.25, -0.2) is 0 Å². The van der Waals surface area contributed by atoms with Crippen LogP contribution in [0, 0.1) is 6.92 Å². The number of rotatable bonds is 2. The normalized spacial score (nSPS) is 10.9. The van der Waals surface area contributed by atoms with E-state index in [9.17, 15) is 4.79 Å². The number of hydrogen-bond donors (Lipinski definition) is 0. The lowest BCUT2D eigenvalue weighted by Crippen LogP contribution is -1.98. The Morgan fingerprint density at radius 3 is 2.65 bits per heavy atom. The summed E-state index contributed by atoms with van der Waals surface area (Å²) >= 11 is 8.25. The summed E-state index contributed by atoms with van der Waals surface area (Å²) in [5.74, 6) is 0.0314. The summed E-state index contributed by atoms with van der Waals surface area (Å²) in [6.45, 7) is 1.96.